The molecule has 0 aliphatic carbocycles. The van der Waals surface area contributed by atoms with Crippen molar-refractivity contribution in [2.45, 2.75) is 13.0 Å². The molecule has 1 aliphatic heterocycles. The van der Waals surface area contributed by atoms with Crippen LogP contribution in [0, 0.1) is 0 Å². The third-order valence-electron chi connectivity index (χ3n) is 3.63. The molecule has 2 aromatic rings. The van der Waals surface area contributed by atoms with Crippen LogP contribution in [0.3, 0.4) is 0 Å². The summed E-state index contributed by atoms with van der Waals surface area (Å²) in [4.78, 5) is 17.5. The molecule has 0 saturated carbocycles. The summed E-state index contributed by atoms with van der Waals surface area (Å²) in [6.07, 6.45) is 0. The van der Waals surface area contributed by atoms with Crippen molar-refractivity contribution in [3.63, 3.8) is 0 Å². The van der Waals surface area contributed by atoms with Crippen LogP contribution in [-0.4, -0.2) is 35.8 Å². The van der Waals surface area contributed by atoms with Crippen molar-refractivity contribution in [3.8, 4) is 0 Å². The van der Waals surface area contributed by atoms with Gasteiger partial charge in [0.25, 0.3) is 5.56 Å². The lowest BCUT2D eigenvalue weighted by molar-refractivity contribution is 0.458. The molecular weight excluding hydrogens is 290 g/mol. The van der Waals surface area contributed by atoms with Crippen molar-refractivity contribution >= 4 is 22.5 Å². The second-order valence-corrected chi connectivity index (χ2v) is 5.62. The van der Waals surface area contributed by atoms with Crippen molar-refractivity contribution in [2.24, 2.45) is 5.73 Å². The lowest BCUT2D eigenvalue weighted by atomic mass is 10.2. The summed E-state index contributed by atoms with van der Waals surface area (Å²) < 4.78 is 1.60. The van der Waals surface area contributed by atoms with Crippen molar-refractivity contribution in [1.29, 1.82) is 0 Å². The number of hydrogen-bond donors (Lipinski definition) is 2. The molecule has 0 spiro atoms. The minimum atomic E-state index is -0.337. The Morgan fingerprint density at radius 3 is 2.76 bits per heavy atom. The summed E-state index contributed by atoms with van der Waals surface area (Å²) in [6, 6.07) is 4.95. The lowest BCUT2D eigenvalue weighted by Crippen LogP contribution is -2.54. The monoisotopic (exact) mass is 307 g/mol. The molecule has 1 atom stereocenters. The molecule has 0 amide bonds. The molecule has 0 bridgehead atoms. The minimum absolute atomic E-state index is 0.153. The predicted octanol–water partition coefficient (Wildman–Crippen LogP) is 0.611. The number of piperazine rings is 1. The van der Waals surface area contributed by atoms with Gasteiger partial charge in [0.1, 0.15) is 5.82 Å². The fourth-order valence-electron chi connectivity index (χ4n) is 2.62. The normalized spacial score (nSPS) is 17.2. The van der Waals surface area contributed by atoms with E-state index < -0.39 is 0 Å². The molecule has 112 valence electrons. The SMILES string of the molecule is C[C@H](N)c1nc2cccc(Cl)c2c(=O)n1N1CCNCC1. The van der Waals surface area contributed by atoms with Gasteiger partial charge in [0, 0.05) is 26.2 Å². The Bertz CT molecular complexity index is 721. The van der Waals surface area contributed by atoms with Crippen molar-refractivity contribution in [2.75, 3.05) is 31.2 Å². The Kier molecular flexibility index (Phi) is 3.84. The first-order valence-corrected chi connectivity index (χ1v) is 7.40. The van der Waals surface area contributed by atoms with Crippen LogP contribution in [0.1, 0.15) is 18.8 Å². The Hall–Kier alpha value is -1.63. The number of halogens is 1. The second kappa shape index (κ2) is 5.63. The van der Waals surface area contributed by atoms with Gasteiger partial charge in [-0.05, 0) is 19.1 Å². The quantitative estimate of drug-likeness (QED) is 0.850. The second-order valence-electron chi connectivity index (χ2n) is 5.21. The number of aromatic nitrogens is 2. The van der Waals surface area contributed by atoms with Crippen LogP contribution in [0.15, 0.2) is 23.0 Å². The average Bonchev–Trinajstić information content (AvgIpc) is 2.47. The number of nitrogens with two attached hydrogens (primary N) is 1. The van der Waals surface area contributed by atoms with Gasteiger partial charge in [0.2, 0.25) is 0 Å². The first-order valence-electron chi connectivity index (χ1n) is 7.02. The van der Waals surface area contributed by atoms with Gasteiger partial charge in [-0.3, -0.25) is 4.79 Å². The van der Waals surface area contributed by atoms with E-state index in [-0.39, 0.29) is 11.6 Å². The summed E-state index contributed by atoms with van der Waals surface area (Å²) in [6.45, 7) is 4.95. The third-order valence-corrected chi connectivity index (χ3v) is 3.95. The lowest BCUT2D eigenvalue weighted by Gasteiger charge is -2.32. The highest BCUT2D eigenvalue weighted by atomic mass is 35.5. The molecule has 1 aromatic heterocycles. The summed E-state index contributed by atoms with van der Waals surface area (Å²) in [7, 11) is 0. The number of benzene rings is 1. The molecule has 1 fully saturated rings. The average molecular weight is 308 g/mol. The van der Waals surface area contributed by atoms with Crippen LogP contribution in [-0.2, 0) is 0 Å². The molecule has 6 nitrogen and oxygen atoms in total. The van der Waals surface area contributed by atoms with Crippen molar-refractivity contribution in [1.82, 2.24) is 15.0 Å². The maximum Gasteiger partial charge on any atom is 0.281 e. The van der Waals surface area contributed by atoms with Crippen LogP contribution in [0.25, 0.3) is 10.9 Å². The van der Waals surface area contributed by atoms with E-state index in [1.54, 1.807) is 22.9 Å². The first-order chi connectivity index (χ1) is 10.1. The van der Waals surface area contributed by atoms with E-state index in [1.807, 2.05) is 11.9 Å². The fraction of sp³-hybridized carbons (Fsp3) is 0.429. The molecule has 2 heterocycles. The fourth-order valence-corrected chi connectivity index (χ4v) is 2.87. The zero-order valence-corrected chi connectivity index (χ0v) is 12.6. The van der Waals surface area contributed by atoms with Crippen molar-refractivity contribution < 1.29 is 0 Å². The highest BCUT2D eigenvalue weighted by Gasteiger charge is 2.21. The zero-order valence-electron chi connectivity index (χ0n) is 11.8. The van der Waals surface area contributed by atoms with Crippen LogP contribution >= 0.6 is 11.6 Å². The van der Waals surface area contributed by atoms with E-state index in [1.165, 1.54) is 0 Å². The number of fused-ring (bicyclic) bond motifs is 1. The van der Waals surface area contributed by atoms with E-state index in [9.17, 15) is 4.79 Å². The Morgan fingerprint density at radius 2 is 2.10 bits per heavy atom. The van der Waals surface area contributed by atoms with Gasteiger partial charge in [-0.15, -0.1) is 0 Å². The third kappa shape index (κ3) is 2.50. The zero-order chi connectivity index (χ0) is 15.0. The van der Waals surface area contributed by atoms with E-state index in [4.69, 9.17) is 17.3 Å². The number of nitrogens with one attached hydrogen (secondary N) is 1. The van der Waals surface area contributed by atoms with E-state index in [0.717, 1.165) is 26.2 Å². The molecule has 3 rings (SSSR count). The van der Waals surface area contributed by atoms with Crippen molar-refractivity contribution in [3.05, 3.63) is 39.4 Å². The van der Waals surface area contributed by atoms with E-state index in [0.29, 0.717) is 21.7 Å². The Labute approximate surface area is 127 Å². The van der Waals surface area contributed by atoms with Gasteiger partial charge < -0.3 is 16.1 Å². The van der Waals surface area contributed by atoms with Gasteiger partial charge in [0.05, 0.1) is 22.0 Å². The highest BCUT2D eigenvalue weighted by Crippen LogP contribution is 2.20. The van der Waals surface area contributed by atoms with Crippen LogP contribution in [0.4, 0.5) is 0 Å². The smallest absolute Gasteiger partial charge is 0.281 e. The minimum Gasteiger partial charge on any atom is -0.322 e. The summed E-state index contributed by atoms with van der Waals surface area (Å²) in [5.74, 6) is 0.566. The Morgan fingerprint density at radius 1 is 1.38 bits per heavy atom. The topological polar surface area (TPSA) is 76.2 Å². The number of rotatable bonds is 2. The van der Waals surface area contributed by atoms with Gasteiger partial charge >= 0.3 is 0 Å². The van der Waals surface area contributed by atoms with Gasteiger partial charge in [0.15, 0.2) is 0 Å². The predicted molar refractivity (Wildman–Crippen MR) is 84.4 cm³/mol. The molecule has 1 aliphatic rings. The summed E-state index contributed by atoms with van der Waals surface area (Å²) in [5, 5.41) is 6.11. The summed E-state index contributed by atoms with van der Waals surface area (Å²) >= 11 is 6.19. The molecule has 0 radical (unpaired) electrons. The van der Waals surface area contributed by atoms with Gasteiger partial charge in [-0.2, -0.15) is 0 Å². The van der Waals surface area contributed by atoms with Gasteiger partial charge in [-0.1, -0.05) is 17.7 Å². The van der Waals surface area contributed by atoms with Crippen LogP contribution in [0.5, 0.6) is 0 Å². The Balaban J connectivity index is 2.29. The number of hydrogen-bond acceptors (Lipinski definition) is 5. The van der Waals surface area contributed by atoms with E-state index >= 15 is 0 Å². The maximum atomic E-state index is 12.9. The molecule has 21 heavy (non-hydrogen) atoms. The first kappa shape index (κ1) is 14.3. The number of nitrogens with zero attached hydrogens (tertiary/aromatic N) is 3. The highest BCUT2D eigenvalue weighted by molar-refractivity contribution is 6.35. The molecular formula is C14H18ClN5O. The van der Waals surface area contributed by atoms with Gasteiger partial charge in [-0.25, -0.2) is 9.66 Å². The molecule has 1 aromatic carbocycles. The molecule has 0 unspecified atom stereocenters. The molecule has 3 N–H and O–H groups in total. The standard InChI is InChI=1S/C14H18ClN5O/c1-9(16)13-18-11-4-2-3-10(15)12(11)14(21)20(13)19-7-5-17-6-8-19/h2-4,9,17H,5-8,16H2,1H3/t9-/m0/s1. The van der Waals surface area contributed by atoms with Crippen LogP contribution < -0.4 is 21.6 Å². The molecule has 1 saturated heterocycles. The maximum absolute atomic E-state index is 12.9. The molecule has 7 heteroatoms. The van der Waals surface area contributed by atoms with Crippen LogP contribution in [0.2, 0.25) is 5.02 Å². The van der Waals surface area contributed by atoms with E-state index in [2.05, 4.69) is 10.3 Å². The summed E-state index contributed by atoms with van der Waals surface area (Å²) in [5.41, 5.74) is 6.46. The largest absolute Gasteiger partial charge is 0.322 e.